The number of nitro benzene ring substituents is 1. The van der Waals surface area contributed by atoms with E-state index in [2.05, 4.69) is 0 Å². The Morgan fingerprint density at radius 3 is 2.24 bits per heavy atom. The molecule has 0 N–H and O–H groups in total. The number of hydrogen-bond donors (Lipinski definition) is 0. The molecule has 12 heteroatoms. The van der Waals surface area contributed by atoms with Gasteiger partial charge in [0.2, 0.25) is 5.91 Å². The number of nitrogens with zero attached hydrogens (tertiary/aromatic N) is 3. The molecule has 0 aliphatic carbocycles. The third kappa shape index (κ3) is 4.31. The topological polar surface area (TPSA) is 101 Å². The van der Waals surface area contributed by atoms with E-state index in [1.165, 1.54) is 6.92 Å². The van der Waals surface area contributed by atoms with Gasteiger partial charge in [-0.15, -0.1) is 0 Å². The van der Waals surface area contributed by atoms with E-state index in [9.17, 15) is 36.5 Å². The van der Waals surface area contributed by atoms with Crippen LogP contribution in [-0.4, -0.2) is 54.8 Å². The zero-order chi connectivity index (χ0) is 22.1. The van der Waals surface area contributed by atoms with Gasteiger partial charge >= 0.3 is 5.51 Å². The summed E-state index contributed by atoms with van der Waals surface area (Å²) in [7, 11) is -5.71. The predicted molar refractivity (Wildman–Crippen MR) is 99.2 cm³/mol. The molecule has 1 aliphatic rings. The number of benzene rings is 1. The number of nitro groups is 1. The van der Waals surface area contributed by atoms with Crippen molar-refractivity contribution in [2.24, 2.45) is 0 Å². The second-order valence-corrected chi connectivity index (χ2v) is 8.75. The van der Waals surface area contributed by atoms with E-state index < -0.39 is 30.9 Å². The average molecular weight is 437 g/mol. The lowest BCUT2D eigenvalue weighted by Gasteiger charge is -2.46. The molecule has 2 atom stereocenters. The van der Waals surface area contributed by atoms with Crippen molar-refractivity contribution in [1.82, 2.24) is 4.90 Å². The highest BCUT2D eigenvalue weighted by Crippen LogP contribution is 2.38. The van der Waals surface area contributed by atoms with Gasteiger partial charge in [0.25, 0.3) is 15.5 Å². The highest BCUT2D eigenvalue weighted by atomic mass is 32.2. The quantitative estimate of drug-likeness (QED) is 0.518. The monoisotopic (exact) mass is 437 g/mol. The largest absolute Gasteiger partial charge is 0.501 e. The van der Waals surface area contributed by atoms with Crippen molar-refractivity contribution in [3.63, 3.8) is 0 Å². The lowest BCUT2D eigenvalue weighted by Crippen LogP contribution is -2.59. The van der Waals surface area contributed by atoms with Crippen LogP contribution in [0.5, 0.6) is 0 Å². The summed E-state index contributed by atoms with van der Waals surface area (Å²) in [5.41, 5.74) is -6.25. The minimum Gasteiger partial charge on any atom is -0.359 e. The van der Waals surface area contributed by atoms with E-state index in [1.807, 2.05) is 13.8 Å². The number of hydrogen-bond acceptors (Lipinski definition) is 6. The van der Waals surface area contributed by atoms with E-state index in [0.29, 0.717) is 25.5 Å². The summed E-state index contributed by atoms with van der Waals surface area (Å²) >= 11 is 0. The van der Waals surface area contributed by atoms with Crippen molar-refractivity contribution in [2.45, 2.75) is 56.1 Å². The van der Waals surface area contributed by atoms with E-state index >= 15 is 0 Å². The van der Waals surface area contributed by atoms with E-state index in [0.717, 1.165) is 12.1 Å². The van der Waals surface area contributed by atoms with Gasteiger partial charge in [0, 0.05) is 38.2 Å². The molecule has 0 saturated carbocycles. The zero-order valence-corrected chi connectivity index (χ0v) is 17.0. The number of amides is 1. The Labute approximate surface area is 166 Å². The normalized spacial score (nSPS) is 20.6. The molecule has 0 bridgehead atoms. The molecule has 0 radical (unpaired) electrons. The van der Waals surface area contributed by atoms with Crippen molar-refractivity contribution in [3.05, 3.63) is 28.3 Å². The lowest BCUT2D eigenvalue weighted by atomic mass is 10.0. The summed E-state index contributed by atoms with van der Waals surface area (Å²) in [5.74, 6) is -0.129. The second kappa shape index (κ2) is 8.17. The number of carbonyl (C=O) groups is 1. The molecule has 1 heterocycles. The fourth-order valence-electron chi connectivity index (χ4n) is 3.52. The van der Waals surface area contributed by atoms with Gasteiger partial charge in [0.15, 0.2) is 0 Å². The molecule has 29 heavy (non-hydrogen) atoms. The van der Waals surface area contributed by atoms with Crippen molar-refractivity contribution >= 4 is 27.1 Å². The highest BCUT2D eigenvalue weighted by molar-refractivity contribution is 7.92. The minimum atomic E-state index is -5.71. The fraction of sp³-hybridized carbons (Fsp3) is 0.588. The van der Waals surface area contributed by atoms with Gasteiger partial charge in [-0.25, -0.2) is 8.42 Å². The Balaban J connectivity index is 2.56. The number of piperazine rings is 1. The molecule has 1 amide bonds. The number of halogens is 3. The molecule has 1 aromatic rings. The standard InChI is InChI=1S/C17H22F3N3O5S/c1-4-12-10-22(13(5-2)9-21(12)11(3)24)15-7-6-14(8-16(15)23(25)26)29(27,28)17(18,19)20/h6-8,12-13H,4-5,9-10H2,1-3H3/t12-,13+/m0/s1. The van der Waals surface area contributed by atoms with Crippen LogP contribution in [0.15, 0.2) is 23.1 Å². The lowest BCUT2D eigenvalue weighted by molar-refractivity contribution is -0.384. The second-order valence-electron chi connectivity index (χ2n) is 6.80. The first-order valence-corrected chi connectivity index (χ1v) is 10.5. The summed E-state index contributed by atoms with van der Waals surface area (Å²) in [4.78, 5) is 24.8. The molecule has 1 aromatic carbocycles. The Kier molecular flexibility index (Phi) is 6.45. The summed E-state index contributed by atoms with van der Waals surface area (Å²) in [6.07, 6.45) is 1.11. The van der Waals surface area contributed by atoms with Crippen LogP contribution in [0.2, 0.25) is 0 Å². The SMILES string of the molecule is CC[C@H]1CN(c2ccc(S(=O)(=O)C(F)(F)F)cc2[N+](=O)[O-])[C@H](CC)CN1C(C)=O. The van der Waals surface area contributed by atoms with Crippen LogP contribution in [0.25, 0.3) is 0 Å². The molecule has 1 saturated heterocycles. The van der Waals surface area contributed by atoms with Gasteiger partial charge in [-0.05, 0) is 25.0 Å². The summed E-state index contributed by atoms with van der Waals surface area (Å²) in [6, 6.07) is 1.69. The van der Waals surface area contributed by atoms with Crippen LogP contribution in [0.3, 0.4) is 0 Å². The average Bonchev–Trinajstić information content (AvgIpc) is 2.65. The van der Waals surface area contributed by atoms with E-state index in [4.69, 9.17) is 0 Å². The number of sulfone groups is 1. The first-order valence-electron chi connectivity index (χ1n) is 8.98. The van der Waals surface area contributed by atoms with Crippen molar-refractivity contribution < 1.29 is 31.3 Å². The molecule has 1 fully saturated rings. The van der Waals surface area contributed by atoms with Gasteiger partial charge in [-0.2, -0.15) is 13.2 Å². The third-order valence-electron chi connectivity index (χ3n) is 5.11. The molecule has 162 valence electrons. The smallest absolute Gasteiger partial charge is 0.359 e. The van der Waals surface area contributed by atoms with Crippen molar-refractivity contribution in [2.75, 3.05) is 18.0 Å². The van der Waals surface area contributed by atoms with Crippen LogP contribution >= 0.6 is 0 Å². The first kappa shape index (κ1) is 22.9. The predicted octanol–water partition coefficient (Wildman–Crippen LogP) is 3.11. The number of anilines is 1. The third-order valence-corrected chi connectivity index (χ3v) is 6.60. The van der Waals surface area contributed by atoms with Gasteiger partial charge < -0.3 is 9.80 Å². The van der Waals surface area contributed by atoms with Crippen LogP contribution in [-0.2, 0) is 14.6 Å². The zero-order valence-electron chi connectivity index (χ0n) is 16.1. The Morgan fingerprint density at radius 2 is 1.79 bits per heavy atom. The van der Waals surface area contributed by atoms with E-state index in [-0.39, 0.29) is 30.2 Å². The Bertz CT molecular complexity index is 904. The Hall–Kier alpha value is -2.37. The maximum atomic E-state index is 12.8. The maximum absolute atomic E-state index is 12.8. The molecule has 1 aliphatic heterocycles. The molecule has 8 nitrogen and oxygen atoms in total. The summed E-state index contributed by atoms with van der Waals surface area (Å²) in [5, 5.41) is 11.6. The van der Waals surface area contributed by atoms with Crippen LogP contribution < -0.4 is 4.90 Å². The van der Waals surface area contributed by atoms with Crippen LogP contribution in [0, 0.1) is 10.1 Å². The number of alkyl halides is 3. The summed E-state index contributed by atoms with van der Waals surface area (Å²) < 4.78 is 61.8. The van der Waals surface area contributed by atoms with Gasteiger partial charge in [0.1, 0.15) is 5.69 Å². The fourth-order valence-corrected chi connectivity index (χ4v) is 4.30. The molecule has 0 aromatic heterocycles. The van der Waals surface area contributed by atoms with E-state index in [1.54, 1.807) is 9.80 Å². The van der Waals surface area contributed by atoms with Crippen LogP contribution in [0.1, 0.15) is 33.6 Å². The first-order chi connectivity index (χ1) is 13.3. The van der Waals surface area contributed by atoms with Crippen molar-refractivity contribution in [3.8, 4) is 0 Å². The summed E-state index contributed by atoms with van der Waals surface area (Å²) in [6.45, 7) is 5.68. The van der Waals surface area contributed by atoms with Gasteiger partial charge in [-0.1, -0.05) is 13.8 Å². The highest BCUT2D eigenvalue weighted by Gasteiger charge is 2.48. The molecular formula is C17H22F3N3O5S. The molecule has 0 unspecified atom stereocenters. The minimum absolute atomic E-state index is 0.0321. The molecule has 2 rings (SSSR count). The van der Waals surface area contributed by atoms with Crippen molar-refractivity contribution in [1.29, 1.82) is 0 Å². The Morgan fingerprint density at radius 1 is 1.21 bits per heavy atom. The van der Waals surface area contributed by atoms with Gasteiger partial charge in [-0.3, -0.25) is 14.9 Å². The molecule has 0 spiro atoms. The maximum Gasteiger partial charge on any atom is 0.501 e. The number of rotatable bonds is 5. The van der Waals surface area contributed by atoms with Crippen LogP contribution in [0.4, 0.5) is 24.5 Å². The molecular weight excluding hydrogens is 415 g/mol. The van der Waals surface area contributed by atoms with Gasteiger partial charge in [0.05, 0.1) is 9.82 Å². The number of carbonyl (C=O) groups excluding carboxylic acids is 1.